The van der Waals surface area contributed by atoms with Crippen molar-refractivity contribution in [1.82, 2.24) is 5.32 Å². The molecule has 3 nitrogen and oxygen atoms in total. The number of hydrogen-bond acceptors (Lipinski definition) is 2. The van der Waals surface area contributed by atoms with Crippen molar-refractivity contribution in [3.63, 3.8) is 0 Å². The number of carbonyl (C=O) groups is 1. The SMILES string of the molecule is CC.CC(Cc1ccccc1)NC(=O)OC(C)(C)C. The van der Waals surface area contributed by atoms with Gasteiger partial charge in [-0.05, 0) is 39.7 Å². The molecule has 19 heavy (non-hydrogen) atoms. The number of hydrogen-bond donors (Lipinski definition) is 1. The van der Waals surface area contributed by atoms with Gasteiger partial charge in [0, 0.05) is 6.04 Å². The van der Waals surface area contributed by atoms with Gasteiger partial charge < -0.3 is 10.1 Å². The molecule has 0 aliphatic carbocycles. The van der Waals surface area contributed by atoms with Crippen molar-refractivity contribution in [3.05, 3.63) is 35.9 Å². The van der Waals surface area contributed by atoms with Crippen molar-refractivity contribution < 1.29 is 9.53 Å². The number of ether oxygens (including phenoxy) is 1. The van der Waals surface area contributed by atoms with Gasteiger partial charge in [-0.15, -0.1) is 0 Å². The van der Waals surface area contributed by atoms with Gasteiger partial charge in [0.05, 0.1) is 0 Å². The molecule has 1 aromatic rings. The average Bonchev–Trinajstić information content (AvgIpc) is 2.30. The summed E-state index contributed by atoms with van der Waals surface area (Å²) in [5, 5.41) is 2.82. The molecule has 0 saturated heterocycles. The van der Waals surface area contributed by atoms with Gasteiger partial charge in [0.15, 0.2) is 0 Å². The van der Waals surface area contributed by atoms with Crippen molar-refractivity contribution in [3.8, 4) is 0 Å². The lowest BCUT2D eigenvalue weighted by Crippen LogP contribution is -2.38. The lowest BCUT2D eigenvalue weighted by atomic mass is 10.1. The quantitative estimate of drug-likeness (QED) is 0.890. The third-order valence-electron chi connectivity index (χ3n) is 2.15. The van der Waals surface area contributed by atoms with Crippen molar-refractivity contribution in [2.75, 3.05) is 0 Å². The molecule has 0 fully saturated rings. The molecule has 1 N–H and O–H groups in total. The Hall–Kier alpha value is -1.51. The van der Waals surface area contributed by atoms with Crippen LogP contribution in [0.5, 0.6) is 0 Å². The third-order valence-corrected chi connectivity index (χ3v) is 2.15. The number of benzene rings is 1. The molecule has 1 aromatic carbocycles. The first-order valence-electron chi connectivity index (χ1n) is 6.90. The number of alkyl carbamates (subject to hydrolysis) is 1. The van der Waals surface area contributed by atoms with Gasteiger partial charge in [0.2, 0.25) is 0 Å². The summed E-state index contributed by atoms with van der Waals surface area (Å²) < 4.78 is 5.20. The summed E-state index contributed by atoms with van der Waals surface area (Å²) in [6.45, 7) is 11.5. The molecule has 1 amide bonds. The van der Waals surface area contributed by atoms with Gasteiger partial charge in [-0.2, -0.15) is 0 Å². The third kappa shape index (κ3) is 9.11. The van der Waals surface area contributed by atoms with Crippen LogP contribution in [-0.4, -0.2) is 17.7 Å². The molecule has 1 rings (SSSR count). The minimum absolute atomic E-state index is 0.0623. The van der Waals surface area contributed by atoms with E-state index in [1.807, 2.05) is 71.9 Å². The molecule has 0 saturated carbocycles. The molecule has 0 bridgehead atoms. The Kier molecular flexibility index (Phi) is 7.89. The van der Waals surface area contributed by atoms with E-state index in [-0.39, 0.29) is 12.1 Å². The molecule has 0 aliphatic heterocycles. The van der Waals surface area contributed by atoms with Crippen molar-refractivity contribution in [2.45, 2.75) is 59.6 Å². The van der Waals surface area contributed by atoms with Crippen LogP contribution in [0, 0.1) is 0 Å². The molecular weight excluding hydrogens is 238 g/mol. The predicted molar refractivity (Wildman–Crippen MR) is 80.3 cm³/mol. The van der Waals surface area contributed by atoms with E-state index in [1.54, 1.807) is 0 Å². The number of amides is 1. The molecule has 0 heterocycles. The van der Waals surface area contributed by atoms with E-state index in [2.05, 4.69) is 5.32 Å². The second kappa shape index (κ2) is 8.57. The Labute approximate surface area is 117 Å². The second-order valence-electron chi connectivity index (χ2n) is 5.24. The monoisotopic (exact) mass is 265 g/mol. The first kappa shape index (κ1) is 17.5. The highest BCUT2D eigenvalue weighted by Gasteiger charge is 2.17. The van der Waals surface area contributed by atoms with Crippen LogP contribution in [0.2, 0.25) is 0 Å². The number of nitrogens with one attached hydrogen (secondary N) is 1. The Morgan fingerprint density at radius 1 is 1.21 bits per heavy atom. The Morgan fingerprint density at radius 2 is 1.74 bits per heavy atom. The molecule has 0 spiro atoms. The fourth-order valence-corrected chi connectivity index (χ4v) is 1.53. The smallest absolute Gasteiger partial charge is 0.407 e. The van der Waals surface area contributed by atoms with Gasteiger partial charge in [-0.3, -0.25) is 0 Å². The van der Waals surface area contributed by atoms with Gasteiger partial charge >= 0.3 is 6.09 Å². The Bertz CT molecular complexity index is 355. The number of rotatable bonds is 3. The van der Waals surface area contributed by atoms with E-state index in [0.717, 1.165) is 6.42 Å². The summed E-state index contributed by atoms with van der Waals surface area (Å²) in [6, 6.07) is 10.1. The topological polar surface area (TPSA) is 38.3 Å². The summed E-state index contributed by atoms with van der Waals surface area (Å²) in [6.07, 6.45) is 0.445. The fourth-order valence-electron chi connectivity index (χ4n) is 1.53. The normalized spacial score (nSPS) is 11.9. The highest BCUT2D eigenvalue weighted by atomic mass is 16.6. The van der Waals surface area contributed by atoms with E-state index in [4.69, 9.17) is 4.74 Å². The van der Waals surface area contributed by atoms with Crippen LogP contribution >= 0.6 is 0 Å². The van der Waals surface area contributed by atoms with E-state index in [0.29, 0.717) is 0 Å². The molecule has 0 aliphatic rings. The largest absolute Gasteiger partial charge is 0.444 e. The van der Waals surface area contributed by atoms with Crippen LogP contribution in [0.25, 0.3) is 0 Å². The van der Waals surface area contributed by atoms with E-state index in [9.17, 15) is 4.79 Å². The van der Waals surface area contributed by atoms with E-state index >= 15 is 0 Å². The van der Waals surface area contributed by atoms with Crippen LogP contribution in [0.3, 0.4) is 0 Å². The van der Waals surface area contributed by atoms with Crippen LogP contribution < -0.4 is 5.32 Å². The molecule has 3 heteroatoms. The average molecular weight is 265 g/mol. The van der Waals surface area contributed by atoms with Crippen LogP contribution in [0.1, 0.15) is 47.1 Å². The maximum atomic E-state index is 11.5. The molecule has 1 unspecified atom stereocenters. The zero-order chi connectivity index (χ0) is 14.9. The minimum Gasteiger partial charge on any atom is -0.444 e. The maximum Gasteiger partial charge on any atom is 0.407 e. The fraction of sp³-hybridized carbons (Fsp3) is 0.562. The summed E-state index contributed by atoms with van der Waals surface area (Å²) >= 11 is 0. The van der Waals surface area contributed by atoms with Gasteiger partial charge in [-0.1, -0.05) is 44.2 Å². The standard InChI is InChI=1S/C14H21NO2.C2H6/c1-11(10-12-8-6-5-7-9-12)15-13(16)17-14(2,3)4;1-2/h5-9,11H,10H2,1-4H3,(H,15,16);1-2H3. The van der Waals surface area contributed by atoms with E-state index in [1.165, 1.54) is 5.56 Å². The molecule has 0 aromatic heterocycles. The summed E-state index contributed by atoms with van der Waals surface area (Å²) in [4.78, 5) is 11.5. The Morgan fingerprint density at radius 3 is 2.21 bits per heavy atom. The highest BCUT2D eigenvalue weighted by Crippen LogP contribution is 2.08. The molecule has 1 atom stereocenters. The van der Waals surface area contributed by atoms with Crippen molar-refractivity contribution in [2.24, 2.45) is 0 Å². The van der Waals surface area contributed by atoms with Gasteiger partial charge in [0.25, 0.3) is 0 Å². The Balaban J connectivity index is 0.00000154. The van der Waals surface area contributed by atoms with Crippen molar-refractivity contribution in [1.29, 1.82) is 0 Å². The van der Waals surface area contributed by atoms with Crippen LogP contribution in [0.15, 0.2) is 30.3 Å². The van der Waals surface area contributed by atoms with E-state index < -0.39 is 5.60 Å². The number of carbonyl (C=O) groups excluding carboxylic acids is 1. The minimum atomic E-state index is -0.448. The van der Waals surface area contributed by atoms with Crippen LogP contribution in [0.4, 0.5) is 4.79 Å². The summed E-state index contributed by atoms with van der Waals surface area (Å²) in [7, 11) is 0. The summed E-state index contributed by atoms with van der Waals surface area (Å²) in [5.41, 5.74) is 0.757. The lowest BCUT2D eigenvalue weighted by molar-refractivity contribution is 0.0508. The molecule has 108 valence electrons. The highest BCUT2D eigenvalue weighted by molar-refractivity contribution is 5.68. The van der Waals surface area contributed by atoms with Crippen LogP contribution in [-0.2, 0) is 11.2 Å². The molecule has 0 radical (unpaired) electrons. The second-order valence-corrected chi connectivity index (χ2v) is 5.24. The summed E-state index contributed by atoms with van der Waals surface area (Å²) in [5.74, 6) is 0. The lowest BCUT2D eigenvalue weighted by Gasteiger charge is -2.22. The molecular formula is C16H27NO2. The zero-order valence-corrected chi connectivity index (χ0v) is 13.0. The first-order valence-corrected chi connectivity index (χ1v) is 6.90. The van der Waals surface area contributed by atoms with Gasteiger partial charge in [0.1, 0.15) is 5.60 Å². The van der Waals surface area contributed by atoms with Gasteiger partial charge in [-0.25, -0.2) is 4.79 Å². The predicted octanol–water partition coefficient (Wildman–Crippen LogP) is 4.17. The van der Waals surface area contributed by atoms with Crippen molar-refractivity contribution >= 4 is 6.09 Å². The first-order chi connectivity index (χ1) is 8.87. The zero-order valence-electron chi connectivity index (χ0n) is 13.0. The maximum absolute atomic E-state index is 11.5.